The number of H-pyrrole nitrogens is 1. The summed E-state index contributed by atoms with van der Waals surface area (Å²) in [6, 6.07) is 15.9. The molecule has 3 aromatic rings. The molecule has 0 unspecified atom stereocenters. The van der Waals surface area contributed by atoms with Gasteiger partial charge in [0.15, 0.2) is 0 Å². The van der Waals surface area contributed by atoms with Crippen LogP contribution in [0.15, 0.2) is 54.7 Å². The SMILES string of the molecule is CCc1ccccc1CNC(=O)c1ccc2[nH]ccc2c1. The molecule has 0 aliphatic rings. The van der Waals surface area contributed by atoms with Crippen LogP contribution in [-0.4, -0.2) is 10.9 Å². The quantitative estimate of drug-likeness (QED) is 0.751. The first-order valence-corrected chi connectivity index (χ1v) is 7.20. The van der Waals surface area contributed by atoms with Gasteiger partial charge in [-0.3, -0.25) is 4.79 Å². The summed E-state index contributed by atoms with van der Waals surface area (Å²) in [5, 5.41) is 4.05. The summed E-state index contributed by atoms with van der Waals surface area (Å²) in [5.74, 6) is -0.0380. The van der Waals surface area contributed by atoms with E-state index in [9.17, 15) is 4.79 Å². The Balaban J connectivity index is 1.74. The predicted octanol–water partition coefficient (Wildman–Crippen LogP) is 3.66. The molecule has 21 heavy (non-hydrogen) atoms. The molecule has 0 fully saturated rings. The first-order valence-electron chi connectivity index (χ1n) is 7.20. The number of hydrogen-bond acceptors (Lipinski definition) is 1. The zero-order valence-corrected chi connectivity index (χ0v) is 12.0. The molecule has 0 spiro atoms. The van der Waals surface area contributed by atoms with Crippen LogP contribution in [-0.2, 0) is 13.0 Å². The molecule has 3 nitrogen and oxygen atoms in total. The van der Waals surface area contributed by atoms with Crippen molar-refractivity contribution in [1.29, 1.82) is 0 Å². The number of amides is 1. The molecular formula is C18H18N2O. The molecule has 1 aromatic heterocycles. The van der Waals surface area contributed by atoms with E-state index in [1.807, 2.05) is 42.6 Å². The summed E-state index contributed by atoms with van der Waals surface area (Å²) in [6.07, 6.45) is 2.85. The Morgan fingerprint density at radius 2 is 1.90 bits per heavy atom. The van der Waals surface area contributed by atoms with E-state index >= 15 is 0 Å². The maximum Gasteiger partial charge on any atom is 0.251 e. The number of rotatable bonds is 4. The minimum absolute atomic E-state index is 0.0380. The third kappa shape index (κ3) is 2.82. The van der Waals surface area contributed by atoms with Crippen molar-refractivity contribution in [3.63, 3.8) is 0 Å². The molecule has 1 heterocycles. The highest BCUT2D eigenvalue weighted by molar-refractivity contribution is 5.98. The van der Waals surface area contributed by atoms with Crippen molar-refractivity contribution in [1.82, 2.24) is 10.3 Å². The van der Waals surface area contributed by atoms with E-state index in [1.54, 1.807) is 0 Å². The topological polar surface area (TPSA) is 44.9 Å². The zero-order chi connectivity index (χ0) is 14.7. The fourth-order valence-electron chi connectivity index (χ4n) is 2.55. The first kappa shape index (κ1) is 13.4. The van der Waals surface area contributed by atoms with Crippen molar-refractivity contribution in [2.75, 3.05) is 0 Å². The van der Waals surface area contributed by atoms with Gasteiger partial charge in [0, 0.05) is 29.2 Å². The summed E-state index contributed by atoms with van der Waals surface area (Å²) in [5.41, 5.74) is 4.19. The summed E-state index contributed by atoms with van der Waals surface area (Å²) >= 11 is 0. The Kier molecular flexibility index (Phi) is 3.73. The molecule has 0 aliphatic heterocycles. The average Bonchev–Trinajstić information content (AvgIpc) is 3.00. The van der Waals surface area contributed by atoms with Crippen LogP contribution in [0.4, 0.5) is 0 Å². The Bertz CT molecular complexity index is 773. The lowest BCUT2D eigenvalue weighted by atomic mass is 10.1. The van der Waals surface area contributed by atoms with Crippen molar-refractivity contribution in [2.45, 2.75) is 19.9 Å². The minimum Gasteiger partial charge on any atom is -0.361 e. The summed E-state index contributed by atoms with van der Waals surface area (Å²) in [6.45, 7) is 2.69. The van der Waals surface area contributed by atoms with Crippen LogP contribution in [0.5, 0.6) is 0 Å². The Morgan fingerprint density at radius 3 is 2.71 bits per heavy atom. The van der Waals surface area contributed by atoms with Gasteiger partial charge in [-0.1, -0.05) is 31.2 Å². The fraction of sp³-hybridized carbons (Fsp3) is 0.167. The Morgan fingerprint density at radius 1 is 1.10 bits per heavy atom. The van der Waals surface area contributed by atoms with Crippen LogP contribution in [0.3, 0.4) is 0 Å². The number of carbonyl (C=O) groups is 1. The molecule has 2 N–H and O–H groups in total. The molecule has 0 saturated heterocycles. The standard InChI is InChI=1S/C18H18N2O/c1-2-13-5-3-4-6-16(13)12-20-18(21)15-7-8-17-14(11-15)9-10-19-17/h3-11,19H,2,12H2,1H3,(H,20,21). The van der Waals surface area contributed by atoms with Gasteiger partial charge >= 0.3 is 0 Å². The molecule has 0 aliphatic carbocycles. The number of aromatic amines is 1. The normalized spacial score (nSPS) is 10.7. The van der Waals surface area contributed by atoms with E-state index in [4.69, 9.17) is 0 Å². The first-order chi connectivity index (χ1) is 10.3. The minimum atomic E-state index is -0.0380. The van der Waals surface area contributed by atoms with Crippen LogP contribution in [0.25, 0.3) is 10.9 Å². The van der Waals surface area contributed by atoms with Gasteiger partial charge in [-0.15, -0.1) is 0 Å². The molecule has 0 bridgehead atoms. The van der Waals surface area contributed by atoms with Crippen LogP contribution in [0.1, 0.15) is 28.4 Å². The molecular weight excluding hydrogens is 260 g/mol. The van der Waals surface area contributed by atoms with E-state index in [0.29, 0.717) is 12.1 Å². The summed E-state index contributed by atoms with van der Waals surface area (Å²) in [7, 11) is 0. The van der Waals surface area contributed by atoms with Gasteiger partial charge in [0.05, 0.1) is 0 Å². The van der Waals surface area contributed by atoms with Gasteiger partial charge < -0.3 is 10.3 Å². The molecule has 3 rings (SSSR count). The smallest absolute Gasteiger partial charge is 0.251 e. The maximum absolute atomic E-state index is 12.3. The van der Waals surface area contributed by atoms with E-state index in [0.717, 1.165) is 17.3 Å². The fourth-order valence-corrected chi connectivity index (χ4v) is 2.55. The van der Waals surface area contributed by atoms with Crippen LogP contribution in [0.2, 0.25) is 0 Å². The molecule has 0 atom stereocenters. The van der Waals surface area contributed by atoms with E-state index in [-0.39, 0.29) is 5.91 Å². The molecule has 0 saturated carbocycles. The second-order valence-corrected chi connectivity index (χ2v) is 5.08. The van der Waals surface area contributed by atoms with Crippen molar-refractivity contribution in [3.05, 3.63) is 71.4 Å². The summed E-state index contributed by atoms with van der Waals surface area (Å²) in [4.78, 5) is 15.4. The van der Waals surface area contributed by atoms with Gasteiger partial charge in [0.2, 0.25) is 0 Å². The Labute approximate surface area is 124 Å². The predicted molar refractivity (Wildman–Crippen MR) is 85.3 cm³/mol. The lowest BCUT2D eigenvalue weighted by Gasteiger charge is -2.09. The van der Waals surface area contributed by atoms with Gasteiger partial charge in [-0.2, -0.15) is 0 Å². The van der Waals surface area contributed by atoms with Gasteiger partial charge in [-0.05, 0) is 41.8 Å². The van der Waals surface area contributed by atoms with Crippen molar-refractivity contribution in [3.8, 4) is 0 Å². The lowest BCUT2D eigenvalue weighted by Crippen LogP contribution is -2.23. The second-order valence-electron chi connectivity index (χ2n) is 5.08. The second kappa shape index (κ2) is 5.83. The number of aromatic nitrogens is 1. The molecule has 106 valence electrons. The highest BCUT2D eigenvalue weighted by atomic mass is 16.1. The van der Waals surface area contributed by atoms with Gasteiger partial charge in [0.25, 0.3) is 5.91 Å². The maximum atomic E-state index is 12.3. The van der Waals surface area contributed by atoms with E-state index in [2.05, 4.69) is 29.4 Å². The number of carbonyl (C=O) groups excluding carboxylic acids is 1. The molecule has 0 radical (unpaired) electrons. The third-order valence-electron chi connectivity index (χ3n) is 3.75. The number of fused-ring (bicyclic) bond motifs is 1. The van der Waals surface area contributed by atoms with Crippen molar-refractivity contribution < 1.29 is 4.79 Å². The molecule has 2 aromatic carbocycles. The van der Waals surface area contributed by atoms with Crippen molar-refractivity contribution in [2.24, 2.45) is 0 Å². The highest BCUT2D eigenvalue weighted by Crippen LogP contribution is 2.15. The molecule has 3 heteroatoms. The number of hydrogen-bond donors (Lipinski definition) is 2. The van der Waals surface area contributed by atoms with Crippen molar-refractivity contribution >= 4 is 16.8 Å². The lowest BCUT2D eigenvalue weighted by molar-refractivity contribution is 0.0951. The van der Waals surface area contributed by atoms with E-state index in [1.165, 1.54) is 11.1 Å². The monoisotopic (exact) mass is 278 g/mol. The molecule has 1 amide bonds. The number of aryl methyl sites for hydroxylation is 1. The largest absolute Gasteiger partial charge is 0.361 e. The summed E-state index contributed by atoms with van der Waals surface area (Å²) < 4.78 is 0. The van der Waals surface area contributed by atoms with Gasteiger partial charge in [0.1, 0.15) is 0 Å². The average molecular weight is 278 g/mol. The third-order valence-corrected chi connectivity index (χ3v) is 3.75. The van der Waals surface area contributed by atoms with E-state index < -0.39 is 0 Å². The highest BCUT2D eigenvalue weighted by Gasteiger charge is 2.07. The number of benzene rings is 2. The van der Waals surface area contributed by atoms with Crippen LogP contribution < -0.4 is 5.32 Å². The van der Waals surface area contributed by atoms with Crippen LogP contribution in [0, 0.1) is 0 Å². The zero-order valence-electron chi connectivity index (χ0n) is 12.0. The number of nitrogens with one attached hydrogen (secondary N) is 2. The van der Waals surface area contributed by atoms with Gasteiger partial charge in [-0.25, -0.2) is 0 Å². The van der Waals surface area contributed by atoms with Crippen LogP contribution >= 0.6 is 0 Å². The Hall–Kier alpha value is -2.55.